The van der Waals surface area contributed by atoms with Gasteiger partial charge in [0.2, 0.25) is 12.6 Å². The number of terminal acetylenes is 3. The van der Waals surface area contributed by atoms with Gasteiger partial charge in [-0.1, -0.05) is 54.1 Å². The Morgan fingerprint density at radius 3 is 1.60 bits per heavy atom. The van der Waals surface area contributed by atoms with Gasteiger partial charge in [0.15, 0.2) is 18.8 Å². The van der Waals surface area contributed by atoms with Crippen molar-refractivity contribution in [3.05, 3.63) is 92.7 Å². The quantitative estimate of drug-likeness (QED) is 0.0161. The number of rotatable bonds is 19. The molecule has 6 N–H and O–H groups in total. The third kappa shape index (κ3) is 13.8. The zero-order valence-corrected chi connectivity index (χ0v) is 45.5. The highest BCUT2D eigenvalue weighted by molar-refractivity contribution is 6.05. The van der Waals surface area contributed by atoms with Crippen molar-refractivity contribution >= 4 is 45.5 Å². The summed E-state index contributed by atoms with van der Waals surface area (Å²) in [5, 5.41) is 51.8. The Morgan fingerprint density at radius 2 is 1.14 bits per heavy atom. The van der Waals surface area contributed by atoms with Crippen molar-refractivity contribution in [2.75, 3.05) is 26.9 Å². The van der Waals surface area contributed by atoms with Crippen LogP contribution in [0.2, 0.25) is 0 Å². The highest BCUT2D eigenvalue weighted by Gasteiger charge is 2.54. The highest BCUT2D eigenvalue weighted by Crippen LogP contribution is 2.43. The summed E-state index contributed by atoms with van der Waals surface area (Å²) in [6.45, 7) is 20.2. The topological polar surface area (TPSA) is 317 Å². The molecule has 0 spiro atoms. The SMILES string of the molecule is C#CCO/N=C(\C)c1c(O)c2ccc(OC3O[C@@](C)(CC=C)[C@H](C)[C@@H](O)[C@H]3OC(=O)NOCC#C)c(C)c2oc1=O.C#CCONC(=O)O[C@@H]1[C@@H](C)[C@](C)(CC=C)OC(Oc2ccc3c(O)c(/C(C)=N/OC)c(=O)oc3c2C)[C@@H]1O. The lowest BCUT2D eigenvalue weighted by atomic mass is 9.79. The number of fused-ring (bicyclic) bond motifs is 2. The van der Waals surface area contributed by atoms with Crippen molar-refractivity contribution < 1.29 is 86.6 Å². The monoisotopic (exact) mass is 1110 g/mol. The minimum Gasteiger partial charge on any atom is -0.506 e. The summed E-state index contributed by atoms with van der Waals surface area (Å²) in [5.41, 5.74) is 1.14. The van der Waals surface area contributed by atoms with Gasteiger partial charge < -0.3 is 67.4 Å². The summed E-state index contributed by atoms with van der Waals surface area (Å²) in [4.78, 5) is 69.3. The van der Waals surface area contributed by atoms with Crippen molar-refractivity contribution in [2.45, 2.75) is 116 Å². The lowest BCUT2D eigenvalue weighted by Crippen LogP contribution is -2.62. The van der Waals surface area contributed by atoms with Crippen molar-refractivity contribution in [1.82, 2.24) is 11.0 Å². The Labute approximate surface area is 460 Å². The molecule has 24 heteroatoms. The Morgan fingerprint density at radius 1 is 0.700 bits per heavy atom. The molecule has 2 aromatic heterocycles. The number of carbonyl (C=O) groups is 2. The van der Waals surface area contributed by atoms with Crippen LogP contribution in [-0.4, -0.2) is 119 Å². The normalized spacial score (nSPS) is 24.6. The van der Waals surface area contributed by atoms with Crippen LogP contribution in [0.1, 0.15) is 76.6 Å². The van der Waals surface area contributed by atoms with E-state index in [1.165, 1.54) is 45.2 Å². The Balaban J connectivity index is 0.000000294. The molecule has 4 aromatic rings. The van der Waals surface area contributed by atoms with E-state index < -0.39 is 83.5 Å². The van der Waals surface area contributed by atoms with Crippen LogP contribution in [0.3, 0.4) is 0 Å². The van der Waals surface area contributed by atoms with Gasteiger partial charge in [-0.05, 0) is 78.6 Å². The van der Waals surface area contributed by atoms with Crippen LogP contribution in [0, 0.1) is 62.7 Å². The molecule has 2 unspecified atom stereocenters. The molecule has 6 rings (SSSR count). The van der Waals surface area contributed by atoms with E-state index >= 15 is 0 Å². The predicted molar refractivity (Wildman–Crippen MR) is 288 cm³/mol. The van der Waals surface area contributed by atoms with Gasteiger partial charge in [-0.3, -0.25) is 9.68 Å². The van der Waals surface area contributed by atoms with E-state index in [4.69, 9.17) is 75.9 Å². The third-order valence-electron chi connectivity index (χ3n) is 13.4. The van der Waals surface area contributed by atoms with Crippen LogP contribution in [0.4, 0.5) is 9.59 Å². The summed E-state index contributed by atoms with van der Waals surface area (Å²) in [7, 11) is 1.31. The molecule has 2 saturated heterocycles. The molecule has 2 amide bonds. The first-order valence-electron chi connectivity index (χ1n) is 24.6. The smallest absolute Gasteiger partial charge is 0.431 e. The maximum atomic E-state index is 12.8. The van der Waals surface area contributed by atoms with Gasteiger partial charge in [-0.25, -0.2) is 19.2 Å². The molecule has 24 nitrogen and oxygen atoms in total. The number of oxime groups is 2. The number of aryl methyl sites for hydroxylation is 2. The van der Waals surface area contributed by atoms with Gasteiger partial charge in [-0.2, -0.15) is 11.0 Å². The van der Waals surface area contributed by atoms with Crippen LogP contribution in [0.25, 0.3) is 21.9 Å². The molecule has 428 valence electrons. The number of hydroxylamine groups is 2. The molecule has 0 radical (unpaired) electrons. The first kappa shape index (κ1) is 62.3. The highest BCUT2D eigenvalue weighted by atomic mass is 16.7. The second kappa shape index (κ2) is 27.4. The van der Waals surface area contributed by atoms with E-state index in [0.29, 0.717) is 24.0 Å². The number of hydrogen-bond acceptors (Lipinski definition) is 22. The lowest BCUT2D eigenvalue weighted by Gasteiger charge is -2.48. The van der Waals surface area contributed by atoms with E-state index in [9.17, 15) is 39.6 Å². The number of ether oxygens (including phenoxy) is 6. The second-order valence-corrected chi connectivity index (χ2v) is 18.7. The number of aliphatic hydroxyl groups is 2. The van der Waals surface area contributed by atoms with Crippen LogP contribution < -0.4 is 31.7 Å². The number of carbonyl (C=O) groups excluding carboxylic acids is 2. The van der Waals surface area contributed by atoms with Gasteiger partial charge in [0, 0.05) is 23.0 Å². The molecule has 2 aromatic carbocycles. The lowest BCUT2D eigenvalue weighted by molar-refractivity contribution is -0.289. The van der Waals surface area contributed by atoms with Gasteiger partial charge in [-0.15, -0.1) is 32.4 Å². The van der Waals surface area contributed by atoms with Gasteiger partial charge in [0.1, 0.15) is 77.8 Å². The summed E-state index contributed by atoms with van der Waals surface area (Å²) in [6.07, 6.45) is 9.70. The number of nitrogens with zero attached hydrogens (tertiary/aromatic N) is 2. The third-order valence-corrected chi connectivity index (χ3v) is 13.4. The van der Waals surface area contributed by atoms with Crippen molar-refractivity contribution in [1.29, 1.82) is 0 Å². The predicted octanol–water partition coefficient (Wildman–Crippen LogP) is 5.81. The van der Waals surface area contributed by atoms with Crippen LogP contribution >= 0.6 is 0 Å². The Hall–Kier alpha value is -8.54. The summed E-state index contributed by atoms with van der Waals surface area (Å²) >= 11 is 0. The Bertz CT molecular complexity index is 3260. The first-order valence-corrected chi connectivity index (χ1v) is 24.6. The molecule has 80 heavy (non-hydrogen) atoms. The average Bonchev–Trinajstić information content (AvgIpc) is 3.59. The largest absolute Gasteiger partial charge is 0.506 e. The second-order valence-electron chi connectivity index (χ2n) is 18.7. The van der Waals surface area contributed by atoms with Gasteiger partial charge >= 0.3 is 23.4 Å². The summed E-state index contributed by atoms with van der Waals surface area (Å²) in [6, 6.07) is 5.99. The minimum absolute atomic E-state index is 0.0302. The molecule has 4 heterocycles. The number of aromatic hydroxyl groups is 2. The molecule has 0 aliphatic carbocycles. The number of amides is 2. The zero-order chi connectivity index (χ0) is 59.2. The first-order chi connectivity index (χ1) is 38.0. The van der Waals surface area contributed by atoms with E-state index in [0.717, 1.165) is 0 Å². The summed E-state index contributed by atoms with van der Waals surface area (Å²) in [5.74, 6) is 5.28. The maximum Gasteiger partial charge on any atom is 0.431 e. The average molecular weight is 1110 g/mol. The fourth-order valence-electron chi connectivity index (χ4n) is 8.85. The molecule has 0 saturated carbocycles. The Kier molecular flexibility index (Phi) is 21.3. The molecule has 0 bridgehead atoms. The number of nitrogens with one attached hydrogen (secondary N) is 2. The van der Waals surface area contributed by atoms with E-state index in [1.807, 2.05) is 5.48 Å². The van der Waals surface area contributed by atoms with Gasteiger partial charge in [0.05, 0.1) is 33.4 Å². The molecule has 2 fully saturated rings. The number of hydrogen-bond donors (Lipinski definition) is 6. The molecular formula is C56H64N4O20. The standard InChI is InChI=1S/C29H32N2O10.C27H32N2O10/c1-8-13-29(7)17(5)22(32)25(40-28(35)31-37-15-10-3)27(41-29)38-20-12-11-19-23(33)21(18(6)30-36-14-9-2)26(34)39-24(19)16(20)4;1-8-12-27(6)15(4)23(38-26(33)29-35-13-9-2)21(31)25(39-27)36-18-11-10-17-20(30)19(16(5)28-34-7)24(32)37-22(17)14(18)3/h2-3,8,11-12,17,22,25,27,32-33H,1,13-15H2,4-7H3,(H,31,35);2,8,10-11,15,21,23,25,30-31H,1,12-13H2,3-7H3,(H,29,33)/b30-18+;28-16+/t17-,22-,25-,27?,29+;15-,21-,23-,25?,27+/m11/s1. The van der Waals surface area contributed by atoms with E-state index in [1.54, 1.807) is 53.7 Å². The zero-order valence-electron chi connectivity index (χ0n) is 45.5. The van der Waals surface area contributed by atoms with Crippen LogP contribution in [-0.2, 0) is 38.3 Å². The van der Waals surface area contributed by atoms with Gasteiger partial charge in [0.25, 0.3) is 0 Å². The van der Waals surface area contributed by atoms with E-state index in [2.05, 4.69) is 46.7 Å². The van der Waals surface area contributed by atoms with Crippen molar-refractivity contribution in [3.8, 4) is 60.0 Å². The molecule has 10 atom stereocenters. The van der Waals surface area contributed by atoms with Crippen LogP contribution in [0.15, 0.2) is 78.3 Å². The summed E-state index contributed by atoms with van der Waals surface area (Å²) < 4.78 is 46.4. The number of aliphatic hydroxyl groups excluding tert-OH is 2. The number of benzene rings is 2. The fraction of sp³-hybridized carbons (Fsp3) is 0.429. The molecular weight excluding hydrogens is 1050 g/mol. The molecule has 2 aliphatic heterocycles. The fourth-order valence-corrected chi connectivity index (χ4v) is 8.85. The molecule has 2 aliphatic rings. The maximum absolute atomic E-state index is 12.8. The van der Waals surface area contributed by atoms with Crippen molar-refractivity contribution in [3.63, 3.8) is 0 Å². The van der Waals surface area contributed by atoms with Crippen LogP contribution in [0.5, 0.6) is 23.0 Å². The minimum atomic E-state index is -1.43. The van der Waals surface area contributed by atoms with E-state index in [-0.39, 0.29) is 87.3 Å². The van der Waals surface area contributed by atoms with Crippen molar-refractivity contribution in [2.24, 2.45) is 22.1 Å².